The summed E-state index contributed by atoms with van der Waals surface area (Å²) in [6.45, 7) is 1.71. The summed E-state index contributed by atoms with van der Waals surface area (Å²) >= 11 is 3.32. The maximum atomic E-state index is 11.1. The van der Waals surface area contributed by atoms with Crippen molar-refractivity contribution < 1.29 is 9.53 Å². The van der Waals surface area contributed by atoms with Crippen LogP contribution in [-0.2, 0) is 4.79 Å². The van der Waals surface area contributed by atoms with Crippen LogP contribution in [0.5, 0.6) is 5.75 Å². The van der Waals surface area contributed by atoms with Crippen LogP contribution in [0.25, 0.3) is 0 Å². The van der Waals surface area contributed by atoms with Crippen molar-refractivity contribution >= 4 is 21.8 Å². The van der Waals surface area contributed by atoms with Crippen LogP contribution in [0, 0.1) is 0 Å². The molecule has 3 nitrogen and oxygen atoms in total. The van der Waals surface area contributed by atoms with Gasteiger partial charge in [-0.25, -0.2) is 0 Å². The van der Waals surface area contributed by atoms with Crippen LogP contribution in [0.1, 0.15) is 6.92 Å². The van der Waals surface area contributed by atoms with Gasteiger partial charge in [-0.3, -0.25) is 4.79 Å². The Bertz CT molecular complexity index is 310. The Labute approximate surface area is 91.6 Å². The second-order valence-corrected chi connectivity index (χ2v) is 3.74. The van der Waals surface area contributed by atoms with Gasteiger partial charge in [0.05, 0.1) is 0 Å². The van der Waals surface area contributed by atoms with E-state index in [1.54, 1.807) is 14.0 Å². The SMILES string of the molecule is CNC(=O)[C@H](C)Oc1ccc(Br)cc1. The van der Waals surface area contributed by atoms with Crippen molar-refractivity contribution in [3.05, 3.63) is 28.7 Å². The summed E-state index contributed by atoms with van der Waals surface area (Å²) in [6.07, 6.45) is -0.471. The van der Waals surface area contributed by atoms with Gasteiger partial charge in [0.15, 0.2) is 6.10 Å². The molecule has 0 unspecified atom stereocenters. The molecule has 14 heavy (non-hydrogen) atoms. The van der Waals surface area contributed by atoms with Gasteiger partial charge in [-0.1, -0.05) is 15.9 Å². The van der Waals surface area contributed by atoms with Crippen molar-refractivity contribution in [3.8, 4) is 5.75 Å². The number of amides is 1. The highest BCUT2D eigenvalue weighted by Gasteiger charge is 2.11. The third kappa shape index (κ3) is 3.03. The largest absolute Gasteiger partial charge is 0.481 e. The molecule has 0 aliphatic heterocycles. The fourth-order valence-corrected chi connectivity index (χ4v) is 1.24. The first-order valence-corrected chi connectivity index (χ1v) is 5.06. The standard InChI is InChI=1S/C10H12BrNO2/c1-7(10(13)12-2)14-9-5-3-8(11)4-6-9/h3-7H,1-2H3,(H,12,13)/t7-/m0/s1. The van der Waals surface area contributed by atoms with Crippen molar-refractivity contribution in [2.45, 2.75) is 13.0 Å². The van der Waals surface area contributed by atoms with Crippen molar-refractivity contribution in [3.63, 3.8) is 0 Å². The Morgan fingerprint density at radius 2 is 2.00 bits per heavy atom. The molecule has 0 saturated carbocycles. The first kappa shape index (κ1) is 11.0. The number of ether oxygens (including phenoxy) is 1. The number of carbonyl (C=O) groups excluding carboxylic acids is 1. The third-order valence-electron chi connectivity index (χ3n) is 1.74. The lowest BCUT2D eigenvalue weighted by Crippen LogP contribution is -2.33. The zero-order valence-corrected chi connectivity index (χ0v) is 9.67. The number of benzene rings is 1. The van der Waals surface area contributed by atoms with Gasteiger partial charge in [0, 0.05) is 11.5 Å². The number of rotatable bonds is 3. The molecule has 1 N–H and O–H groups in total. The predicted molar refractivity (Wildman–Crippen MR) is 58.3 cm³/mol. The first-order chi connectivity index (χ1) is 6.63. The Morgan fingerprint density at radius 3 is 2.50 bits per heavy atom. The molecule has 0 saturated heterocycles. The quantitative estimate of drug-likeness (QED) is 0.900. The van der Waals surface area contributed by atoms with E-state index in [-0.39, 0.29) is 5.91 Å². The molecule has 0 aliphatic carbocycles. The van der Waals surface area contributed by atoms with E-state index in [1.807, 2.05) is 24.3 Å². The predicted octanol–water partition coefficient (Wildman–Crippen LogP) is 1.96. The molecular weight excluding hydrogens is 246 g/mol. The molecule has 0 aliphatic rings. The van der Waals surface area contributed by atoms with Gasteiger partial charge < -0.3 is 10.1 Å². The molecule has 0 fully saturated rings. The number of hydrogen-bond acceptors (Lipinski definition) is 2. The number of hydrogen-bond donors (Lipinski definition) is 1. The molecule has 1 amide bonds. The van der Waals surface area contributed by atoms with E-state index in [9.17, 15) is 4.79 Å². The molecule has 1 aromatic carbocycles. The number of nitrogens with one attached hydrogen (secondary N) is 1. The molecule has 1 aromatic rings. The summed E-state index contributed by atoms with van der Waals surface area (Å²) in [7, 11) is 1.59. The summed E-state index contributed by atoms with van der Waals surface area (Å²) in [5.41, 5.74) is 0. The average Bonchev–Trinajstić information content (AvgIpc) is 2.20. The summed E-state index contributed by atoms with van der Waals surface area (Å²) in [4.78, 5) is 11.1. The van der Waals surface area contributed by atoms with E-state index in [1.165, 1.54) is 0 Å². The van der Waals surface area contributed by atoms with Crippen molar-refractivity contribution in [1.29, 1.82) is 0 Å². The fourth-order valence-electron chi connectivity index (χ4n) is 0.974. The van der Waals surface area contributed by atoms with Crippen molar-refractivity contribution in [2.75, 3.05) is 7.05 Å². The lowest BCUT2D eigenvalue weighted by Gasteiger charge is -2.12. The maximum Gasteiger partial charge on any atom is 0.260 e. The normalized spacial score (nSPS) is 11.9. The van der Waals surface area contributed by atoms with Crippen LogP contribution in [0.15, 0.2) is 28.7 Å². The van der Waals surface area contributed by atoms with E-state index in [0.29, 0.717) is 5.75 Å². The Hall–Kier alpha value is -1.03. The Morgan fingerprint density at radius 1 is 1.43 bits per heavy atom. The molecule has 0 radical (unpaired) electrons. The minimum atomic E-state index is -0.471. The van der Waals surface area contributed by atoms with Crippen LogP contribution >= 0.6 is 15.9 Å². The van der Waals surface area contributed by atoms with Gasteiger partial charge in [-0.15, -0.1) is 0 Å². The fraction of sp³-hybridized carbons (Fsp3) is 0.300. The van der Waals surface area contributed by atoms with Crippen LogP contribution in [0.2, 0.25) is 0 Å². The summed E-state index contributed by atoms with van der Waals surface area (Å²) < 4.78 is 6.37. The van der Waals surface area contributed by atoms with Crippen LogP contribution < -0.4 is 10.1 Å². The zero-order chi connectivity index (χ0) is 10.6. The van der Waals surface area contributed by atoms with Crippen LogP contribution in [0.3, 0.4) is 0 Å². The zero-order valence-electron chi connectivity index (χ0n) is 8.08. The highest BCUT2D eigenvalue weighted by Crippen LogP contribution is 2.17. The minimum absolute atomic E-state index is 0.132. The van der Waals surface area contributed by atoms with E-state index in [2.05, 4.69) is 21.2 Å². The third-order valence-corrected chi connectivity index (χ3v) is 2.27. The van der Waals surface area contributed by atoms with Gasteiger partial charge in [-0.2, -0.15) is 0 Å². The first-order valence-electron chi connectivity index (χ1n) is 4.27. The number of carbonyl (C=O) groups is 1. The molecule has 4 heteroatoms. The minimum Gasteiger partial charge on any atom is -0.481 e. The monoisotopic (exact) mass is 257 g/mol. The molecule has 0 bridgehead atoms. The van der Waals surface area contributed by atoms with Gasteiger partial charge >= 0.3 is 0 Å². The Balaban J connectivity index is 2.60. The van der Waals surface area contributed by atoms with E-state index in [4.69, 9.17) is 4.74 Å². The van der Waals surface area contributed by atoms with Crippen molar-refractivity contribution in [1.82, 2.24) is 5.32 Å². The molecule has 76 valence electrons. The second-order valence-electron chi connectivity index (χ2n) is 2.83. The topological polar surface area (TPSA) is 38.3 Å². The van der Waals surface area contributed by atoms with Crippen LogP contribution in [0.4, 0.5) is 0 Å². The molecule has 1 rings (SSSR count). The van der Waals surface area contributed by atoms with E-state index >= 15 is 0 Å². The van der Waals surface area contributed by atoms with Crippen LogP contribution in [-0.4, -0.2) is 19.1 Å². The highest BCUT2D eigenvalue weighted by molar-refractivity contribution is 9.10. The van der Waals surface area contributed by atoms with Gasteiger partial charge in [0.2, 0.25) is 0 Å². The van der Waals surface area contributed by atoms with E-state index < -0.39 is 6.10 Å². The van der Waals surface area contributed by atoms with Gasteiger partial charge in [0.1, 0.15) is 5.75 Å². The van der Waals surface area contributed by atoms with Crippen molar-refractivity contribution in [2.24, 2.45) is 0 Å². The molecule has 0 aromatic heterocycles. The number of likely N-dealkylation sites (N-methyl/N-ethyl adjacent to an activating group) is 1. The smallest absolute Gasteiger partial charge is 0.260 e. The van der Waals surface area contributed by atoms with Gasteiger partial charge in [0.25, 0.3) is 5.91 Å². The Kier molecular flexibility index (Phi) is 3.95. The molecule has 0 heterocycles. The highest BCUT2D eigenvalue weighted by atomic mass is 79.9. The summed E-state index contributed by atoms with van der Waals surface area (Å²) in [5, 5.41) is 2.52. The maximum absolute atomic E-state index is 11.1. The molecule has 1 atom stereocenters. The van der Waals surface area contributed by atoms with Gasteiger partial charge in [-0.05, 0) is 31.2 Å². The second kappa shape index (κ2) is 5.00. The lowest BCUT2D eigenvalue weighted by molar-refractivity contribution is -0.126. The van der Waals surface area contributed by atoms with E-state index in [0.717, 1.165) is 4.47 Å². The molecule has 0 spiro atoms. The summed E-state index contributed by atoms with van der Waals surface area (Å²) in [6, 6.07) is 7.35. The lowest BCUT2D eigenvalue weighted by atomic mass is 10.3. The summed E-state index contributed by atoms with van der Waals surface area (Å²) in [5.74, 6) is 0.553. The molecular formula is C10H12BrNO2. The number of halogens is 1. The average molecular weight is 258 g/mol.